The molecule has 1 saturated carbocycles. The van der Waals surface area contributed by atoms with Gasteiger partial charge in [-0.05, 0) is 26.7 Å². The van der Waals surface area contributed by atoms with Crippen LogP contribution >= 0.6 is 0 Å². The molecule has 1 rings (SSSR count). The Morgan fingerprint density at radius 3 is 2.50 bits per heavy atom. The topological polar surface area (TPSA) is 20.2 Å². The first-order valence-corrected chi connectivity index (χ1v) is 3.79. The number of aliphatic hydroxyl groups excluding tert-OH is 1. The smallest absolute Gasteiger partial charge is 0.0577 e. The normalized spacial score (nSPS) is 22.7. The zero-order chi connectivity index (χ0) is 7.61. The van der Waals surface area contributed by atoms with Crippen molar-refractivity contribution < 1.29 is 5.11 Å². The lowest BCUT2D eigenvalue weighted by atomic mass is 9.97. The van der Waals surface area contributed by atoms with Gasteiger partial charge in [-0.25, -0.2) is 0 Å². The standard InChI is InChI=1S/C9H14O/c1-3-4-5-9(6-7-9)8(2)10/h8,10H,5-7H2,1-2H3. The maximum Gasteiger partial charge on any atom is 0.0577 e. The minimum Gasteiger partial charge on any atom is -0.393 e. The summed E-state index contributed by atoms with van der Waals surface area (Å²) in [5.74, 6) is 5.88. The molecule has 0 heterocycles. The van der Waals surface area contributed by atoms with Crippen molar-refractivity contribution in [3.05, 3.63) is 0 Å². The molecule has 0 radical (unpaired) electrons. The van der Waals surface area contributed by atoms with Crippen LogP contribution in [0.2, 0.25) is 0 Å². The van der Waals surface area contributed by atoms with Crippen molar-refractivity contribution in [1.29, 1.82) is 0 Å². The second kappa shape index (κ2) is 2.64. The minimum atomic E-state index is -0.173. The predicted molar refractivity (Wildman–Crippen MR) is 41.4 cm³/mol. The summed E-state index contributed by atoms with van der Waals surface area (Å²) in [6.07, 6.45) is 3.01. The average molecular weight is 138 g/mol. The van der Waals surface area contributed by atoms with Crippen LogP contribution in [0.15, 0.2) is 0 Å². The number of hydrogen-bond donors (Lipinski definition) is 1. The van der Waals surface area contributed by atoms with Crippen molar-refractivity contribution in [1.82, 2.24) is 0 Å². The minimum absolute atomic E-state index is 0.173. The van der Waals surface area contributed by atoms with Crippen molar-refractivity contribution in [2.24, 2.45) is 5.41 Å². The second-order valence-electron chi connectivity index (χ2n) is 3.14. The van der Waals surface area contributed by atoms with Crippen LogP contribution in [0.1, 0.15) is 33.1 Å². The van der Waals surface area contributed by atoms with Crippen LogP contribution in [0.25, 0.3) is 0 Å². The van der Waals surface area contributed by atoms with Crippen molar-refractivity contribution in [2.45, 2.75) is 39.2 Å². The summed E-state index contributed by atoms with van der Waals surface area (Å²) in [7, 11) is 0. The predicted octanol–water partition coefficient (Wildman–Crippen LogP) is 1.56. The Bertz CT molecular complexity index is 167. The highest BCUT2D eigenvalue weighted by Crippen LogP contribution is 2.51. The molecule has 10 heavy (non-hydrogen) atoms. The first kappa shape index (κ1) is 7.63. The molecule has 0 aromatic carbocycles. The SMILES string of the molecule is CC#CCC1(C(C)O)CC1. The van der Waals surface area contributed by atoms with E-state index in [0.29, 0.717) is 0 Å². The molecule has 1 atom stereocenters. The van der Waals surface area contributed by atoms with Crippen LogP contribution in [0.3, 0.4) is 0 Å². The first-order valence-electron chi connectivity index (χ1n) is 3.79. The Morgan fingerprint density at radius 1 is 1.60 bits per heavy atom. The van der Waals surface area contributed by atoms with Crippen molar-refractivity contribution in [2.75, 3.05) is 0 Å². The Labute approximate surface area is 62.4 Å². The van der Waals surface area contributed by atoms with E-state index in [9.17, 15) is 5.11 Å². The molecule has 0 aromatic heterocycles. The van der Waals surface area contributed by atoms with Gasteiger partial charge in [0, 0.05) is 11.8 Å². The van der Waals surface area contributed by atoms with E-state index in [-0.39, 0.29) is 11.5 Å². The highest BCUT2D eigenvalue weighted by atomic mass is 16.3. The summed E-state index contributed by atoms with van der Waals surface area (Å²) < 4.78 is 0. The van der Waals surface area contributed by atoms with E-state index < -0.39 is 0 Å². The van der Waals surface area contributed by atoms with Crippen LogP contribution in [-0.4, -0.2) is 11.2 Å². The Morgan fingerprint density at radius 2 is 2.20 bits per heavy atom. The summed E-state index contributed by atoms with van der Waals surface area (Å²) in [4.78, 5) is 0. The highest BCUT2D eigenvalue weighted by Gasteiger charge is 2.45. The van der Waals surface area contributed by atoms with Gasteiger partial charge in [-0.1, -0.05) is 0 Å². The second-order valence-corrected chi connectivity index (χ2v) is 3.14. The van der Waals surface area contributed by atoms with Gasteiger partial charge in [0.05, 0.1) is 6.10 Å². The monoisotopic (exact) mass is 138 g/mol. The fourth-order valence-electron chi connectivity index (χ4n) is 1.17. The Balaban J connectivity index is 2.42. The Kier molecular flexibility index (Phi) is 2.01. The molecule has 1 heteroatoms. The van der Waals surface area contributed by atoms with Gasteiger partial charge in [-0.15, -0.1) is 11.8 Å². The van der Waals surface area contributed by atoms with Crippen LogP contribution in [0.5, 0.6) is 0 Å². The summed E-state index contributed by atoms with van der Waals surface area (Å²) in [6, 6.07) is 0. The van der Waals surface area contributed by atoms with Gasteiger partial charge >= 0.3 is 0 Å². The third kappa shape index (κ3) is 1.33. The highest BCUT2D eigenvalue weighted by molar-refractivity contribution is 5.08. The van der Waals surface area contributed by atoms with E-state index >= 15 is 0 Å². The molecule has 0 aromatic rings. The summed E-state index contributed by atoms with van der Waals surface area (Å²) in [5, 5.41) is 9.30. The van der Waals surface area contributed by atoms with E-state index in [4.69, 9.17) is 0 Å². The molecule has 0 saturated heterocycles. The molecule has 1 N–H and O–H groups in total. The van der Waals surface area contributed by atoms with Crippen LogP contribution in [0.4, 0.5) is 0 Å². The van der Waals surface area contributed by atoms with Gasteiger partial charge in [-0.3, -0.25) is 0 Å². The average Bonchev–Trinajstić information content (AvgIpc) is 2.64. The quantitative estimate of drug-likeness (QED) is 0.574. The lowest BCUT2D eigenvalue weighted by Crippen LogP contribution is -2.16. The first-order chi connectivity index (χ1) is 4.71. The van der Waals surface area contributed by atoms with Gasteiger partial charge in [0.25, 0.3) is 0 Å². The number of hydrogen-bond acceptors (Lipinski definition) is 1. The molecular weight excluding hydrogens is 124 g/mol. The fraction of sp³-hybridized carbons (Fsp3) is 0.778. The molecule has 0 spiro atoms. The Hall–Kier alpha value is -0.480. The van der Waals surface area contributed by atoms with Crippen molar-refractivity contribution >= 4 is 0 Å². The molecule has 0 amide bonds. The van der Waals surface area contributed by atoms with E-state index in [1.807, 2.05) is 13.8 Å². The fourth-order valence-corrected chi connectivity index (χ4v) is 1.17. The van der Waals surface area contributed by atoms with Crippen LogP contribution in [-0.2, 0) is 0 Å². The molecule has 1 nitrogen and oxygen atoms in total. The van der Waals surface area contributed by atoms with Crippen molar-refractivity contribution in [3.8, 4) is 11.8 Å². The number of rotatable bonds is 2. The molecule has 0 bridgehead atoms. The molecule has 1 aliphatic carbocycles. The van der Waals surface area contributed by atoms with E-state index in [0.717, 1.165) is 19.3 Å². The van der Waals surface area contributed by atoms with Gasteiger partial charge in [0.2, 0.25) is 0 Å². The van der Waals surface area contributed by atoms with E-state index in [2.05, 4.69) is 11.8 Å². The third-order valence-corrected chi connectivity index (χ3v) is 2.40. The van der Waals surface area contributed by atoms with Crippen molar-refractivity contribution in [3.63, 3.8) is 0 Å². The van der Waals surface area contributed by atoms with Crippen LogP contribution < -0.4 is 0 Å². The molecule has 1 fully saturated rings. The van der Waals surface area contributed by atoms with Gasteiger partial charge in [0.15, 0.2) is 0 Å². The lowest BCUT2D eigenvalue weighted by molar-refractivity contribution is 0.113. The third-order valence-electron chi connectivity index (χ3n) is 2.40. The molecule has 0 aliphatic heterocycles. The lowest BCUT2D eigenvalue weighted by Gasteiger charge is -2.14. The van der Waals surface area contributed by atoms with Gasteiger partial charge < -0.3 is 5.11 Å². The van der Waals surface area contributed by atoms with Gasteiger partial charge in [-0.2, -0.15) is 0 Å². The summed E-state index contributed by atoms with van der Waals surface area (Å²) in [6.45, 7) is 3.71. The number of aliphatic hydroxyl groups is 1. The zero-order valence-electron chi connectivity index (χ0n) is 6.65. The molecule has 1 unspecified atom stereocenters. The maximum atomic E-state index is 9.30. The summed E-state index contributed by atoms with van der Waals surface area (Å²) in [5.41, 5.74) is 0.184. The molecular formula is C9H14O. The van der Waals surface area contributed by atoms with E-state index in [1.54, 1.807) is 0 Å². The zero-order valence-corrected chi connectivity index (χ0v) is 6.65. The van der Waals surface area contributed by atoms with E-state index in [1.165, 1.54) is 0 Å². The largest absolute Gasteiger partial charge is 0.393 e. The van der Waals surface area contributed by atoms with Crippen LogP contribution in [0, 0.1) is 17.3 Å². The molecule has 56 valence electrons. The maximum absolute atomic E-state index is 9.30. The molecule has 1 aliphatic rings. The van der Waals surface area contributed by atoms with Gasteiger partial charge in [0.1, 0.15) is 0 Å². The summed E-state index contributed by atoms with van der Waals surface area (Å²) >= 11 is 0.